The molecule has 0 radical (unpaired) electrons. The van der Waals surface area contributed by atoms with E-state index in [0.717, 1.165) is 16.0 Å². The van der Waals surface area contributed by atoms with Crippen molar-refractivity contribution in [2.24, 2.45) is 0 Å². The van der Waals surface area contributed by atoms with Crippen molar-refractivity contribution in [2.45, 2.75) is 17.2 Å². The number of thioether (sulfide) groups is 1. The van der Waals surface area contributed by atoms with Crippen LogP contribution < -0.4 is 5.32 Å². The van der Waals surface area contributed by atoms with Gasteiger partial charge in [0.05, 0.1) is 12.3 Å². The summed E-state index contributed by atoms with van der Waals surface area (Å²) in [5.41, 5.74) is 0. The predicted octanol–water partition coefficient (Wildman–Crippen LogP) is 2.84. The molecule has 0 atom stereocenters. The van der Waals surface area contributed by atoms with E-state index < -0.39 is 0 Å². The third kappa shape index (κ3) is 3.83. The van der Waals surface area contributed by atoms with Gasteiger partial charge in [0.15, 0.2) is 5.82 Å². The summed E-state index contributed by atoms with van der Waals surface area (Å²) in [4.78, 5) is 5.45. The van der Waals surface area contributed by atoms with Crippen LogP contribution in [0.15, 0.2) is 38.2 Å². The van der Waals surface area contributed by atoms with E-state index in [1.807, 2.05) is 19.2 Å². The van der Waals surface area contributed by atoms with Crippen LogP contribution in [-0.4, -0.2) is 17.2 Å². The Bertz CT molecular complexity index is 472. The number of rotatable bonds is 5. The van der Waals surface area contributed by atoms with Crippen LogP contribution in [0.1, 0.15) is 11.7 Å². The molecule has 6 heteroatoms. The quantitative estimate of drug-likeness (QED) is 0.860. The molecule has 0 aliphatic rings. The summed E-state index contributed by atoms with van der Waals surface area (Å²) in [6.45, 7) is 0.607. The summed E-state index contributed by atoms with van der Waals surface area (Å²) in [6, 6.07) is 8.16. The number of aromatic nitrogens is 2. The Kier molecular flexibility index (Phi) is 4.58. The average Bonchev–Trinajstić information content (AvgIpc) is 2.77. The Balaban J connectivity index is 1.90. The van der Waals surface area contributed by atoms with Crippen molar-refractivity contribution in [3.05, 3.63) is 40.5 Å². The normalized spacial score (nSPS) is 10.7. The Hall–Kier alpha value is -0.850. The Labute approximate surface area is 112 Å². The second kappa shape index (κ2) is 6.18. The van der Waals surface area contributed by atoms with Crippen molar-refractivity contribution in [3.8, 4) is 0 Å². The number of halogens is 1. The maximum absolute atomic E-state index is 5.07. The molecule has 2 aromatic rings. The van der Waals surface area contributed by atoms with Gasteiger partial charge in [-0.05, 0) is 31.3 Å². The summed E-state index contributed by atoms with van der Waals surface area (Å²) in [7, 11) is 1.85. The van der Waals surface area contributed by atoms with E-state index in [1.54, 1.807) is 11.8 Å². The molecule has 0 amide bonds. The first-order valence-electron chi connectivity index (χ1n) is 5.12. The minimum Gasteiger partial charge on any atom is -0.338 e. The molecule has 0 bridgehead atoms. The van der Waals surface area contributed by atoms with E-state index in [0.29, 0.717) is 12.4 Å². The number of benzene rings is 1. The second-order valence-corrected chi connectivity index (χ2v) is 5.34. The molecule has 0 aliphatic heterocycles. The number of hydrogen-bond donors (Lipinski definition) is 1. The van der Waals surface area contributed by atoms with E-state index in [2.05, 4.69) is 43.5 Å². The van der Waals surface area contributed by atoms with Crippen LogP contribution in [0, 0.1) is 0 Å². The van der Waals surface area contributed by atoms with E-state index in [4.69, 9.17) is 4.52 Å². The van der Waals surface area contributed by atoms with Crippen molar-refractivity contribution >= 4 is 27.7 Å². The zero-order valence-electron chi connectivity index (χ0n) is 9.31. The second-order valence-electron chi connectivity index (χ2n) is 3.38. The van der Waals surface area contributed by atoms with Gasteiger partial charge in [-0.3, -0.25) is 0 Å². The summed E-state index contributed by atoms with van der Waals surface area (Å²) in [5, 5.41) is 6.88. The van der Waals surface area contributed by atoms with Gasteiger partial charge in [0.25, 0.3) is 0 Å². The summed E-state index contributed by atoms with van der Waals surface area (Å²) < 4.78 is 6.15. The van der Waals surface area contributed by atoms with Gasteiger partial charge in [-0.15, -0.1) is 11.8 Å². The van der Waals surface area contributed by atoms with Gasteiger partial charge in [0.1, 0.15) is 0 Å². The van der Waals surface area contributed by atoms with E-state index in [1.165, 1.54) is 4.90 Å². The topological polar surface area (TPSA) is 51.0 Å². The van der Waals surface area contributed by atoms with Crippen LogP contribution in [0.2, 0.25) is 0 Å². The molecule has 1 aromatic carbocycles. The molecule has 0 aliphatic carbocycles. The molecule has 4 nitrogen and oxygen atoms in total. The molecule has 1 aromatic heterocycles. The predicted molar refractivity (Wildman–Crippen MR) is 70.8 cm³/mol. The smallest absolute Gasteiger partial charge is 0.240 e. The molecular weight excluding hydrogens is 302 g/mol. The molecule has 1 heterocycles. The van der Waals surface area contributed by atoms with E-state index >= 15 is 0 Å². The largest absolute Gasteiger partial charge is 0.338 e. The van der Waals surface area contributed by atoms with Gasteiger partial charge < -0.3 is 9.84 Å². The average molecular weight is 314 g/mol. The van der Waals surface area contributed by atoms with Gasteiger partial charge in [-0.25, -0.2) is 0 Å². The lowest BCUT2D eigenvalue weighted by atomic mass is 10.4. The first kappa shape index (κ1) is 12.6. The highest BCUT2D eigenvalue weighted by atomic mass is 79.9. The van der Waals surface area contributed by atoms with Crippen LogP contribution in [0.4, 0.5) is 0 Å². The first-order valence-corrected chi connectivity index (χ1v) is 6.90. The highest BCUT2D eigenvalue weighted by Crippen LogP contribution is 2.23. The SMILES string of the molecule is CNCc1nc(CSc2ccc(Br)cc2)no1. The Morgan fingerprint density at radius 1 is 1.35 bits per heavy atom. The highest BCUT2D eigenvalue weighted by molar-refractivity contribution is 9.10. The Morgan fingerprint density at radius 2 is 2.12 bits per heavy atom. The Morgan fingerprint density at radius 3 is 2.82 bits per heavy atom. The first-order chi connectivity index (χ1) is 8.28. The number of nitrogens with zero attached hydrogens (tertiary/aromatic N) is 2. The molecule has 1 N–H and O–H groups in total. The minimum absolute atomic E-state index is 0.607. The number of nitrogens with one attached hydrogen (secondary N) is 1. The van der Waals surface area contributed by atoms with Gasteiger partial charge in [-0.2, -0.15) is 4.98 Å². The molecule has 0 saturated carbocycles. The molecule has 0 unspecified atom stereocenters. The van der Waals surface area contributed by atoms with E-state index in [9.17, 15) is 0 Å². The van der Waals surface area contributed by atoms with Crippen molar-refractivity contribution in [3.63, 3.8) is 0 Å². The monoisotopic (exact) mass is 313 g/mol. The molecule has 90 valence electrons. The third-order valence-corrected chi connectivity index (χ3v) is 3.56. The molecule has 17 heavy (non-hydrogen) atoms. The lowest BCUT2D eigenvalue weighted by Gasteiger charge is -1.97. The fourth-order valence-electron chi connectivity index (χ4n) is 1.25. The molecular formula is C11H12BrN3OS. The van der Waals surface area contributed by atoms with Crippen molar-refractivity contribution < 1.29 is 4.52 Å². The highest BCUT2D eigenvalue weighted by Gasteiger charge is 2.05. The lowest BCUT2D eigenvalue weighted by Crippen LogP contribution is -2.05. The molecule has 0 spiro atoms. The fourth-order valence-corrected chi connectivity index (χ4v) is 2.26. The molecule has 0 fully saturated rings. The summed E-state index contributed by atoms with van der Waals surface area (Å²) >= 11 is 5.09. The maximum atomic E-state index is 5.07. The third-order valence-electron chi connectivity index (χ3n) is 2.02. The maximum Gasteiger partial charge on any atom is 0.240 e. The van der Waals surface area contributed by atoms with Gasteiger partial charge in [-0.1, -0.05) is 21.1 Å². The van der Waals surface area contributed by atoms with Crippen LogP contribution in [-0.2, 0) is 12.3 Å². The van der Waals surface area contributed by atoms with Crippen molar-refractivity contribution in [1.29, 1.82) is 0 Å². The van der Waals surface area contributed by atoms with Crippen LogP contribution >= 0.6 is 27.7 Å². The minimum atomic E-state index is 0.607. The van der Waals surface area contributed by atoms with E-state index in [-0.39, 0.29) is 0 Å². The zero-order valence-corrected chi connectivity index (χ0v) is 11.7. The van der Waals surface area contributed by atoms with Crippen LogP contribution in [0.5, 0.6) is 0 Å². The van der Waals surface area contributed by atoms with Gasteiger partial charge >= 0.3 is 0 Å². The van der Waals surface area contributed by atoms with Crippen molar-refractivity contribution in [2.75, 3.05) is 7.05 Å². The summed E-state index contributed by atoms with van der Waals surface area (Å²) in [5.74, 6) is 2.07. The standard InChI is InChI=1S/C11H12BrN3OS/c1-13-6-11-14-10(15-16-11)7-17-9-4-2-8(12)3-5-9/h2-5,13H,6-7H2,1H3. The fraction of sp³-hybridized carbons (Fsp3) is 0.273. The van der Waals surface area contributed by atoms with Crippen molar-refractivity contribution in [1.82, 2.24) is 15.5 Å². The molecule has 2 rings (SSSR count). The van der Waals surface area contributed by atoms with Gasteiger partial charge in [0.2, 0.25) is 5.89 Å². The zero-order chi connectivity index (χ0) is 12.1. The van der Waals surface area contributed by atoms with Gasteiger partial charge in [0, 0.05) is 9.37 Å². The van der Waals surface area contributed by atoms with Crippen LogP contribution in [0.25, 0.3) is 0 Å². The number of hydrogen-bond acceptors (Lipinski definition) is 5. The summed E-state index contributed by atoms with van der Waals surface area (Å²) in [6.07, 6.45) is 0. The lowest BCUT2D eigenvalue weighted by molar-refractivity contribution is 0.368. The van der Waals surface area contributed by atoms with Crippen LogP contribution in [0.3, 0.4) is 0 Å². The molecule has 0 saturated heterocycles.